The fourth-order valence-corrected chi connectivity index (χ4v) is 1.69. The Morgan fingerprint density at radius 1 is 1.80 bits per heavy atom. The number of hydrogen-bond acceptors (Lipinski definition) is 4. The van der Waals surface area contributed by atoms with Gasteiger partial charge in [-0.05, 0) is 6.42 Å². The maximum atomic E-state index is 10.0. The van der Waals surface area contributed by atoms with E-state index in [0.717, 1.165) is 0 Å². The van der Waals surface area contributed by atoms with Crippen LogP contribution in [0.2, 0.25) is 0 Å². The van der Waals surface area contributed by atoms with E-state index in [0.29, 0.717) is 12.6 Å². The van der Waals surface area contributed by atoms with Crippen LogP contribution in [0.3, 0.4) is 0 Å². The molecule has 0 bridgehead atoms. The van der Waals surface area contributed by atoms with Crippen LogP contribution in [0.25, 0.3) is 0 Å². The second-order valence-corrected chi connectivity index (χ2v) is 3.14. The fourth-order valence-electron chi connectivity index (χ4n) is 0.641. The Kier molecular flexibility index (Phi) is 5.03. The quantitative estimate of drug-likeness (QED) is 0.322. The zero-order valence-electron chi connectivity index (χ0n) is 5.61. The van der Waals surface area contributed by atoms with Gasteiger partial charge in [-0.3, -0.25) is 0 Å². The van der Waals surface area contributed by atoms with Crippen molar-refractivity contribution in [3.8, 4) is 0 Å². The molecular formula is C4H6NaO4P. The van der Waals surface area contributed by atoms with E-state index in [4.69, 9.17) is 4.89 Å². The fraction of sp³-hybridized carbons (Fsp3) is 0.750. The minimum Gasteiger partial charge on any atom is -0.547 e. The van der Waals surface area contributed by atoms with Crippen LogP contribution in [-0.4, -0.2) is 23.1 Å². The smallest absolute Gasteiger partial charge is 0.547 e. The normalized spacial score (nSPS) is 31.3. The minimum absolute atomic E-state index is 0. The molecule has 1 rings (SSSR count). The van der Waals surface area contributed by atoms with E-state index in [9.17, 15) is 9.90 Å². The summed E-state index contributed by atoms with van der Waals surface area (Å²) in [7, 11) is -1.46. The minimum atomic E-state index is -1.46. The van der Waals surface area contributed by atoms with Crippen LogP contribution in [0.4, 0.5) is 0 Å². The Morgan fingerprint density at radius 2 is 2.40 bits per heavy atom. The third-order valence-electron chi connectivity index (χ3n) is 1.09. The average molecular weight is 172 g/mol. The molecule has 10 heavy (non-hydrogen) atoms. The summed E-state index contributed by atoms with van der Waals surface area (Å²) in [6.07, 6.45) is -0.0421. The van der Waals surface area contributed by atoms with Crippen molar-refractivity contribution in [1.82, 2.24) is 0 Å². The number of carbonyl (C=O) groups is 1. The molecular weight excluding hydrogens is 166 g/mol. The van der Waals surface area contributed by atoms with Crippen molar-refractivity contribution < 1.29 is 48.9 Å². The van der Waals surface area contributed by atoms with Crippen molar-refractivity contribution >= 4 is 14.3 Å². The van der Waals surface area contributed by atoms with E-state index in [1.54, 1.807) is 0 Å². The van der Waals surface area contributed by atoms with E-state index < -0.39 is 20.4 Å². The number of rotatable bonds is 1. The molecule has 0 saturated carbocycles. The van der Waals surface area contributed by atoms with Gasteiger partial charge in [0.25, 0.3) is 0 Å². The summed E-state index contributed by atoms with van der Waals surface area (Å²) in [5.41, 5.74) is 0. The Hall–Kier alpha value is 0.820. The van der Waals surface area contributed by atoms with Gasteiger partial charge < -0.3 is 19.3 Å². The molecule has 52 valence electrons. The Bertz CT molecular complexity index is 130. The van der Waals surface area contributed by atoms with Crippen molar-refractivity contribution in [2.24, 2.45) is 0 Å². The van der Waals surface area contributed by atoms with E-state index in [1.165, 1.54) is 0 Å². The maximum Gasteiger partial charge on any atom is 1.00 e. The molecule has 0 aromatic carbocycles. The first kappa shape index (κ1) is 10.8. The van der Waals surface area contributed by atoms with Crippen LogP contribution in [0.15, 0.2) is 0 Å². The largest absolute Gasteiger partial charge is 1.00 e. The van der Waals surface area contributed by atoms with Crippen LogP contribution in [0.1, 0.15) is 6.42 Å². The van der Waals surface area contributed by atoms with Gasteiger partial charge in [-0.2, -0.15) is 0 Å². The van der Waals surface area contributed by atoms with Gasteiger partial charge in [-0.25, -0.2) is 0 Å². The molecule has 6 heteroatoms. The summed E-state index contributed by atoms with van der Waals surface area (Å²) >= 11 is 0. The maximum absolute atomic E-state index is 10.0. The number of carbonyl (C=O) groups excluding carboxylic acids is 1. The molecule has 1 heterocycles. The van der Waals surface area contributed by atoms with Gasteiger partial charge >= 0.3 is 29.6 Å². The van der Waals surface area contributed by atoms with Crippen molar-refractivity contribution in [3.63, 3.8) is 0 Å². The summed E-state index contributed by atoms with van der Waals surface area (Å²) in [5, 5.41) is 10.0. The first-order valence-corrected chi connectivity index (χ1v) is 3.94. The van der Waals surface area contributed by atoms with Crippen molar-refractivity contribution in [2.45, 2.75) is 12.5 Å². The van der Waals surface area contributed by atoms with E-state index in [2.05, 4.69) is 4.52 Å². The summed E-state index contributed by atoms with van der Waals surface area (Å²) < 4.78 is 4.58. The van der Waals surface area contributed by atoms with Crippen LogP contribution in [0.5, 0.6) is 0 Å². The Morgan fingerprint density at radius 3 is 2.60 bits per heavy atom. The molecule has 0 amide bonds. The van der Waals surface area contributed by atoms with E-state index in [1.807, 2.05) is 0 Å². The molecule has 4 nitrogen and oxygen atoms in total. The Labute approximate surface area is 81.8 Å². The number of hydrogen-bond donors (Lipinski definition) is 1. The van der Waals surface area contributed by atoms with Gasteiger partial charge in [0.15, 0.2) is 8.38 Å². The molecule has 0 spiro atoms. The van der Waals surface area contributed by atoms with Gasteiger partial charge in [0.2, 0.25) is 0 Å². The van der Waals surface area contributed by atoms with Gasteiger partial charge in [-0.1, -0.05) is 0 Å². The molecule has 0 aromatic heterocycles. The van der Waals surface area contributed by atoms with E-state index in [-0.39, 0.29) is 29.6 Å². The third kappa shape index (κ3) is 2.82. The molecule has 0 aromatic rings. The van der Waals surface area contributed by atoms with Crippen LogP contribution in [0, 0.1) is 0 Å². The molecule has 0 aliphatic carbocycles. The molecule has 1 aliphatic heterocycles. The first-order valence-electron chi connectivity index (χ1n) is 2.54. The predicted octanol–water partition coefficient (Wildman–Crippen LogP) is -4.17. The molecule has 1 saturated heterocycles. The summed E-state index contributed by atoms with van der Waals surface area (Å²) in [6.45, 7) is 0. The van der Waals surface area contributed by atoms with Gasteiger partial charge in [0.05, 0.1) is 5.97 Å². The van der Waals surface area contributed by atoms with E-state index >= 15 is 0 Å². The van der Waals surface area contributed by atoms with Crippen molar-refractivity contribution in [2.75, 3.05) is 6.16 Å². The number of carboxylic acid groups (broad SMARTS) is 1. The van der Waals surface area contributed by atoms with Gasteiger partial charge in [-0.15, -0.1) is 0 Å². The monoisotopic (exact) mass is 172 g/mol. The predicted molar refractivity (Wildman–Crippen MR) is 28.5 cm³/mol. The molecule has 1 aliphatic rings. The summed E-state index contributed by atoms with van der Waals surface area (Å²) in [4.78, 5) is 18.7. The molecule has 1 N–H and O–H groups in total. The topological polar surface area (TPSA) is 69.6 Å². The number of carboxylic acids is 1. The Balaban J connectivity index is 0.000000810. The second-order valence-electron chi connectivity index (χ2n) is 1.78. The molecule has 2 atom stereocenters. The summed E-state index contributed by atoms with van der Waals surface area (Å²) in [5.74, 6) is -1.23. The SMILES string of the molecule is O=C([O-])C1CCP(O)O1.[Na+]. The second kappa shape index (κ2) is 4.65. The van der Waals surface area contributed by atoms with Crippen molar-refractivity contribution in [3.05, 3.63) is 0 Å². The van der Waals surface area contributed by atoms with Crippen LogP contribution in [-0.2, 0) is 9.32 Å². The average Bonchev–Trinajstić information content (AvgIpc) is 2.14. The molecule has 1 fully saturated rings. The van der Waals surface area contributed by atoms with Gasteiger partial charge in [0.1, 0.15) is 6.10 Å². The van der Waals surface area contributed by atoms with Crippen LogP contribution < -0.4 is 34.7 Å². The molecule has 0 radical (unpaired) electrons. The first-order chi connectivity index (χ1) is 4.20. The van der Waals surface area contributed by atoms with Gasteiger partial charge in [0, 0.05) is 6.16 Å². The van der Waals surface area contributed by atoms with Crippen LogP contribution >= 0.6 is 8.38 Å². The molecule has 2 unspecified atom stereocenters. The third-order valence-corrected chi connectivity index (χ3v) is 2.23. The standard InChI is InChI=1S/C4H7O4P.Na/c5-4(6)3-1-2-9(7)8-3;/h3,7H,1-2H2,(H,5,6);/q;+1/p-1. The zero-order valence-corrected chi connectivity index (χ0v) is 8.51. The zero-order chi connectivity index (χ0) is 6.85. The number of aliphatic carboxylic acids is 1. The van der Waals surface area contributed by atoms with Crippen molar-refractivity contribution in [1.29, 1.82) is 0 Å². The summed E-state index contributed by atoms with van der Waals surface area (Å²) in [6, 6.07) is 0.